The smallest absolute Gasteiger partial charge is 0.253 e. The van der Waals surface area contributed by atoms with E-state index in [1.165, 1.54) is 0 Å². The summed E-state index contributed by atoms with van der Waals surface area (Å²) in [6.07, 6.45) is 2.06. The maximum absolute atomic E-state index is 12.3. The van der Waals surface area contributed by atoms with Crippen molar-refractivity contribution in [2.45, 2.75) is 31.8 Å². The highest BCUT2D eigenvalue weighted by Gasteiger charge is 2.24. The molecule has 0 aromatic heterocycles. The number of hydrogen-bond acceptors (Lipinski definition) is 3. The van der Waals surface area contributed by atoms with Gasteiger partial charge < -0.3 is 16.0 Å². The van der Waals surface area contributed by atoms with Crippen molar-refractivity contribution in [1.82, 2.24) is 10.6 Å². The molecule has 1 saturated carbocycles. The van der Waals surface area contributed by atoms with Crippen molar-refractivity contribution in [2.75, 3.05) is 11.9 Å². The minimum Gasteiger partial charge on any atom is -0.376 e. The van der Waals surface area contributed by atoms with Crippen molar-refractivity contribution >= 4 is 29.1 Å². The summed E-state index contributed by atoms with van der Waals surface area (Å²) in [6, 6.07) is 14.7. The summed E-state index contributed by atoms with van der Waals surface area (Å²) in [5.74, 6) is -0.282. The van der Waals surface area contributed by atoms with E-state index in [1.807, 2.05) is 37.3 Å². The summed E-state index contributed by atoms with van der Waals surface area (Å²) < 4.78 is 0. The fourth-order valence-corrected chi connectivity index (χ4v) is 3.00. The molecule has 6 heteroatoms. The number of carbonyl (C=O) groups excluding carboxylic acids is 2. The zero-order valence-electron chi connectivity index (χ0n) is 14.6. The van der Waals surface area contributed by atoms with Crippen LogP contribution < -0.4 is 16.0 Å². The van der Waals surface area contributed by atoms with E-state index >= 15 is 0 Å². The van der Waals surface area contributed by atoms with E-state index in [2.05, 4.69) is 16.0 Å². The Hall–Kier alpha value is -2.53. The van der Waals surface area contributed by atoms with Gasteiger partial charge in [-0.05, 0) is 43.5 Å². The maximum Gasteiger partial charge on any atom is 0.253 e. The van der Waals surface area contributed by atoms with E-state index < -0.39 is 0 Å². The van der Waals surface area contributed by atoms with Gasteiger partial charge in [0.2, 0.25) is 5.91 Å². The third-order valence-electron chi connectivity index (χ3n) is 4.27. The summed E-state index contributed by atoms with van der Waals surface area (Å²) in [7, 11) is 0. The van der Waals surface area contributed by atoms with Gasteiger partial charge in [0.15, 0.2) is 0 Å². The first-order chi connectivity index (χ1) is 12.5. The molecule has 3 rings (SSSR count). The molecular weight excluding hydrogens is 350 g/mol. The lowest BCUT2D eigenvalue weighted by atomic mass is 10.1. The van der Waals surface area contributed by atoms with Crippen LogP contribution in [-0.4, -0.2) is 24.4 Å². The molecule has 2 amide bonds. The zero-order chi connectivity index (χ0) is 18.5. The first-order valence-electron chi connectivity index (χ1n) is 8.72. The number of halogens is 1. The summed E-state index contributed by atoms with van der Waals surface area (Å²) in [6.45, 7) is 1.96. The number of anilines is 1. The Balaban J connectivity index is 1.57. The lowest BCUT2D eigenvalue weighted by molar-refractivity contribution is -0.120. The summed E-state index contributed by atoms with van der Waals surface area (Å²) in [5.41, 5.74) is 2.06. The van der Waals surface area contributed by atoms with Crippen LogP contribution in [0.4, 0.5) is 5.69 Å². The van der Waals surface area contributed by atoms with Gasteiger partial charge in [-0.25, -0.2) is 0 Å². The molecule has 1 aliphatic rings. The Bertz CT molecular complexity index is 805. The summed E-state index contributed by atoms with van der Waals surface area (Å²) in [5, 5.41) is 9.55. The Morgan fingerprint density at radius 2 is 1.81 bits per heavy atom. The van der Waals surface area contributed by atoms with E-state index in [0.717, 1.165) is 18.4 Å². The number of carbonyl (C=O) groups is 2. The minimum atomic E-state index is -0.202. The van der Waals surface area contributed by atoms with Gasteiger partial charge in [0.05, 0.1) is 18.2 Å². The Kier molecular flexibility index (Phi) is 5.78. The summed E-state index contributed by atoms with van der Waals surface area (Å²) >= 11 is 6.17. The van der Waals surface area contributed by atoms with Crippen LogP contribution in [0.2, 0.25) is 5.02 Å². The quantitative estimate of drug-likeness (QED) is 0.697. The molecular formula is C20H22ClN3O2. The molecule has 2 aromatic rings. The molecule has 1 unspecified atom stereocenters. The van der Waals surface area contributed by atoms with Crippen LogP contribution in [0.15, 0.2) is 48.5 Å². The van der Waals surface area contributed by atoms with Gasteiger partial charge in [-0.15, -0.1) is 0 Å². The zero-order valence-corrected chi connectivity index (χ0v) is 15.3. The standard InChI is InChI=1S/C20H22ClN3O2/c1-13(15-6-2-4-8-17(15)21)23-19(25)12-22-18-9-5-3-7-16(18)20(26)24-14-10-11-14/h2-9,13-14,22H,10-12H2,1H3,(H,23,25)(H,24,26). The normalized spacial score (nSPS) is 14.4. The van der Waals surface area contributed by atoms with Crippen molar-refractivity contribution in [3.63, 3.8) is 0 Å². The number of para-hydroxylation sites is 1. The molecule has 0 bridgehead atoms. The lowest BCUT2D eigenvalue weighted by Crippen LogP contribution is -2.33. The van der Waals surface area contributed by atoms with E-state index in [9.17, 15) is 9.59 Å². The Morgan fingerprint density at radius 3 is 2.54 bits per heavy atom. The Morgan fingerprint density at radius 1 is 1.12 bits per heavy atom. The van der Waals surface area contributed by atoms with Crippen molar-refractivity contribution in [2.24, 2.45) is 0 Å². The van der Waals surface area contributed by atoms with Crippen LogP contribution in [-0.2, 0) is 4.79 Å². The predicted molar refractivity (Wildman–Crippen MR) is 103 cm³/mol. The molecule has 5 nitrogen and oxygen atoms in total. The molecule has 26 heavy (non-hydrogen) atoms. The fourth-order valence-electron chi connectivity index (χ4n) is 2.70. The highest BCUT2D eigenvalue weighted by Crippen LogP contribution is 2.23. The number of amides is 2. The number of nitrogens with one attached hydrogen (secondary N) is 3. The van der Waals surface area contributed by atoms with Crippen molar-refractivity contribution in [1.29, 1.82) is 0 Å². The Labute approximate surface area is 158 Å². The molecule has 0 radical (unpaired) electrons. The third-order valence-corrected chi connectivity index (χ3v) is 4.62. The van der Waals surface area contributed by atoms with Crippen molar-refractivity contribution < 1.29 is 9.59 Å². The predicted octanol–water partition coefficient (Wildman–Crippen LogP) is 3.52. The molecule has 3 N–H and O–H groups in total. The van der Waals surface area contributed by atoms with E-state index in [1.54, 1.807) is 18.2 Å². The van der Waals surface area contributed by atoms with Crippen LogP contribution >= 0.6 is 11.6 Å². The lowest BCUT2D eigenvalue weighted by Gasteiger charge is -2.17. The van der Waals surface area contributed by atoms with Crippen LogP contribution in [0.3, 0.4) is 0 Å². The second-order valence-corrected chi connectivity index (χ2v) is 6.86. The molecule has 136 valence electrons. The van der Waals surface area contributed by atoms with E-state index in [-0.39, 0.29) is 30.4 Å². The van der Waals surface area contributed by atoms with Crippen LogP contribution in [0, 0.1) is 0 Å². The molecule has 1 aliphatic carbocycles. The molecule has 2 aromatic carbocycles. The van der Waals surface area contributed by atoms with Gasteiger partial charge in [0.25, 0.3) is 5.91 Å². The molecule has 0 spiro atoms. The molecule has 0 saturated heterocycles. The van der Waals surface area contributed by atoms with Gasteiger partial charge in [-0.2, -0.15) is 0 Å². The van der Waals surface area contributed by atoms with Gasteiger partial charge in [0.1, 0.15) is 0 Å². The van der Waals surface area contributed by atoms with Crippen LogP contribution in [0.5, 0.6) is 0 Å². The molecule has 1 atom stereocenters. The first-order valence-corrected chi connectivity index (χ1v) is 9.10. The topological polar surface area (TPSA) is 70.2 Å². The summed E-state index contributed by atoms with van der Waals surface area (Å²) in [4.78, 5) is 24.6. The minimum absolute atomic E-state index is 0.0719. The number of rotatable bonds is 7. The monoisotopic (exact) mass is 371 g/mol. The largest absolute Gasteiger partial charge is 0.376 e. The SMILES string of the molecule is CC(NC(=O)CNc1ccccc1C(=O)NC1CC1)c1ccccc1Cl. The van der Waals surface area contributed by atoms with Crippen molar-refractivity contribution in [3.8, 4) is 0 Å². The third kappa shape index (κ3) is 4.76. The maximum atomic E-state index is 12.3. The number of benzene rings is 2. The first kappa shape index (κ1) is 18.3. The van der Waals surface area contributed by atoms with Gasteiger partial charge in [0, 0.05) is 16.8 Å². The second kappa shape index (κ2) is 8.23. The van der Waals surface area contributed by atoms with Gasteiger partial charge >= 0.3 is 0 Å². The van der Waals surface area contributed by atoms with E-state index in [0.29, 0.717) is 16.3 Å². The highest BCUT2D eigenvalue weighted by atomic mass is 35.5. The molecule has 0 aliphatic heterocycles. The van der Waals surface area contributed by atoms with Gasteiger partial charge in [-0.3, -0.25) is 9.59 Å². The van der Waals surface area contributed by atoms with E-state index in [4.69, 9.17) is 11.6 Å². The molecule has 0 heterocycles. The fraction of sp³-hybridized carbons (Fsp3) is 0.300. The molecule has 1 fully saturated rings. The number of hydrogen-bond donors (Lipinski definition) is 3. The highest BCUT2D eigenvalue weighted by molar-refractivity contribution is 6.31. The van der Waals surface area contributed by atoms with Crippen LogP contribution in [0.25, 0.3) is 0 Å². The van der Waals surface area contributed by atoms with Crippen LogP contribution in [0.1, 0.15) is 41.7 Å². The average Bonchev–Trinajstić information content (AvgIpc) is 3.44. The second-order valence-electron chi connectivity index (χ2n) is 6.46. The average molecular weight is 372 g/mol. The van der Waals surface area contributed by atoms with Gasteiger partial charge in [-0.1, -0.05) is 41.9 Å². The van der Waals surface area contributed by atoms with Crippen molar-refractivity contribution in [3.05, 3.63) is 64.7 Å².